The van der Waals surface area contributed by atoms with Crippen molar-refractivity contribution < 1.29 is 14.6 Å². The van der Waals surface area contributed by atoms with E-state index < -0.39 is 11.6 Å². The second kappa shape index (κ2) is 20.7. The highest BCUT2D eigenvalue weighted by atomic mass is 16.5. The number of hydrogen-bond donors (Lipinski definition) is 1. The van der Waals surface area contributed by atoms with Gasteiger partial charge in [-0.1, -0.05) is 124 Å². The van der Waals surface area contributed by atoms with Gasteiger partial charge in [0.1, 0.15) is 0 Å². The zero-order valence-electron chi connectivity index (χ0n) is 20.1. The van der Waals surface area contributed by atoms with Crippen molar-refractivity contribution in [3.63, 3.8) is 0 Å². The predicted molar refractivity (Wildman–Crippen MR) is 126 cm³/mol. The van der Waals surface area contributed by atoms with Gasteiger partial charge in [0.25, 0.3) is 0 Å². The second-order valence-electron chi connectivity index (χ2n) is 8.91. The van der Waals surface area contributed by atoms with Gasteiger partial charge in [-0.15, -0.1) is 0 Å². The summed E-state index contributed by atoms with van der Waals surface area (Å²) in [6.45, 7) is 6.99. The minimum absolute atomic E-state index is 0.564. The lowest BCUT2D eigenvalue weighted by Crippen LogP contribution is -2.41. The van der Waals surface area contributed by atoms with Gasteiger partial charge in [-0.3, -0.25) is 0 Å². The smallest absolute Gasteiger partial charge is 0.335 e. The molecule has 3 nitrogen and oxygen atoms in total. The zero-order valence-corrected chi connectivity index (χ0v) is 20.1. The van der Waals surface area contributed by atoms with Gasteiger partial charge in [-0.05, 0) is 25.7 Å². The van der Waals surface area contributed by atoms with E-state index in [9.17, 15) is 9.90 Å². The molecule has 0 aromatic heterocycles. The van der Waals surface area contributed by atoms with Crippen molar-refractivity contribution in [2.24, 2.45) is 0 Å². The van der Waals surface area contributed by atoms with Crippen molar-refractivity contribution in [3.05, 3.63) is 0 Å². The Bertz CT molecular complexity index is 356. The fourth-order valence-electron chi connectivity index (χ4n) is 4.07. The predicted octanol–water partition coefficient (Wildman–Crippen LogP) is 8.69. The molecule has 29 heavy (non-hydrogen) atoms. The molecule has 0 aromatic carbocycles. The van der Waals surface area contributed by atoms with E-state index in [4.69, 9.17) is 4.74 Å². The highest BCUT2D eigenvalue weighted by Crippen LogP contribution is 2.25. The molecule has 0 aromatic rings. The van der Waals surface area contributed by atoms with Crippen LogP contribution in [-0.2, 0) is 9.53 Å². The van der Waals surface area contributed by atoms with Crippen molar-refractivity contribution in [2.45, 2.75) is 155 Å². The highest BCUT2D eigenvalue weighted by Gasteiger charge is 2.36. The van der Waals surface area contributed by atoms with Crippen LogP contribution in [0.1, 0.15) is 149 Å². The number of ether oxygens (including phenoxy) is 1. The second-order valence-corrected chi connectivity index (χ2v) is 8.91. The first-order valence-corrected chi connectivity index (χ1v) is 13.0. The van der Waals surface area contributed by atoms with Gasteiger partial charge < -0.3 is 9.84 Å². The summed E-state index contributed by atoms with van der Waals surface area (Å²) in [6, 6.07) is 0. The number of carboxylic acid groups (broad SMARTS) is 1. The molecule has 0 bridgehead atoms. The number of unbranched alkanes of at least 4 members (excludes halogenated alkanes) is 16. The Kier molecular flexibility index (Phi) is 20.3. The molecule has 0 amide bonds. The van der Waals surface area contributed by atoms with Crippen LogP contribution >= 0.6 is 0 Å². The topological polar surface area (TPSA) is 46.5 Å². The van der Waals surface area contributed by atoms with E-state index in [1.54, 1.807) is 0 Å². The number of aliphatic carboxylic acids is 1. The molecule has 0 heterocycles. The Morgan fingerprint density at radius 3 is 1.38 bits per heavy atom. The molecular weight excluding hydrogens is 360 g/mol. The lowest BCUT2D eigenvalue weighted by molar-refractivity contribution is -0.168. The van der Waals surface area contributed by atoms with Crippen LogP contribution in [0.25, 0.3) is 0 Å². The van der Waals surface area contributed by atoms with Crippen LogP contribution in [-0.4, -0.2) is 23.3 Å². The summed E-state index contributed by atoms with van der Waals surface area (Å²) < 4.78 is 5.90. The molecule has 0 aliphatic heterocycles. The third-order valence-corrected chi connectivity index (χ3v) is 6.27. The molecule has 0 aliphatic rings. The molecule has 0 saturated carbocycles. The van der Waals surface area contributed by atoms with E-state index in [1.165, 1.54) is 89.9 Å². The molecule has 1 N–H and O–H groups in total. The Morgan fingerprint density at radius 1 is 0.621 bits per heavy atom. The van der Waals surface area contributed by atoms with Crippen molar-refractivity contribution in [1.29, 1.82) is 0 Å². The molecule has 3 heteroatoms. The number of carboxylic acids is 1. The lowest BCUT2D eigenvalue weighted by Gasteiger charge is -2.28. The third kappa shape index (κ3) is 15.9. The molecule has 0 spiro atoms. The zero-order chi connectivity index (χ0) is 21.6. The van der Waals surface area contributed by atoms with Crippen LogP contribution in [0.15, 0.2) is 0 Å². The van der Waals surface area contributed by atoms with E-state index in [-0.39, 0.29) is 0 Å². The van der Waals surface area contributed by atoms with E-state index in [2.05, 4.69) is 13.8 Å². The summed E-state index contributed by atoms with van der Waals surface area (Å²) in [6.07, 6.45) is 24.2. The molecule has 0 saturated heterocycles. The maximum atomic E-state index is 11.8. The Labute approximate surface area is 182 Å². The first-order chi connectivity index (χ1) is 14.1. The molecule has 0 aliphatic carbocycles. The molecule has 0 radical (unpaired) electrons. The van der Waals surface area contributed by atoms with Crippen LogP contribution in [0.2, 0.25) is 0 Å². The van der Waals surface area contributed by atoms with Crippen LogP contribution in [0.3, 0.4) is 0 Å². The first kappa shape index (κ1) is 28.4. The standard InChI is InChI=1S/C26H52O3/c1-4-7-9-11-12-13-14-15-16-17-18-19-20-21-23-26(6-3,25(27)28)29-24-22-10-8-5-2/h4-24H2,1-3H3,(H,27,28). The Hall–Kier alpha value is -0.570. The van der Waals surface area contributed by atoms with Crippen molar-refractivity contribution in [2.75, 3.05) is 6.61 Å². The summed E-state index contributed by atoms with van der Waals surface area (Å²) in [7, 11) is 0. The Morgan fingerprint density at radius 2 is 1.00 bits per heavy atom. The van der Waals surface area contributed by atoms with E-state index in [0.717, 1.165) is 25.7 Å². The largest absolute Gasteiger partial charge is 0.479 e. The van der Waals surface area contributed by atoms with E-state index in [0.29, 0.717) is 19.4 Å². The Balaban J connectivity index is 3.68. The van der Waals surface area contributed by atoms with Gasteiger partial charge >= 0.3 is 5.97 Å². The lowest BCUT2D eigenvalue weighted by atomic mass is 9.92. The van der Waals surface area contributed by atoms with E-state index >= 15 is 0 Å². The maximum absolute atomic E-state index is 11.8. The normalized spacial score (nSPS) is 13.5. The number of rotatable bonds is 23. The maximum Gasteiger partial charge on any atom is 0.335 e. The average molecular weight is 413 g/mol. The molecular formula is C26H52O3. The first-order valence-electron chi connectivity index (χ1n) is 13.0. The third-order valence-electron chi connectivity index (χ3n) is 6.27. The monoisotopic (exact) mass is 412 g/mol. The van der Waals surface area contributed by atoms with Gasteiger partial charge in [0.15, 0.2) is 5.60 Å². The van der Waals surface area contributed by atoms with Crippen LogP contribution in [0.4, 0.5) is 0 Å². The van der Waals surface area contributed by atoms with Crippen molar-refractivity contribution >= 4 is 5.97 Å². The average Bonchev–Trinajstić information content (AvgIpc) is 2.72. The van der Waals surface area contributed by atoms with Gasteiger partial charge in [-0.25, -0.2) is 4.79 Å². The minimum Gasteiger partial charge on any atom is -0.479 e. The van der Waals surface area contributed by atoms with Crippen molar-refractivity contribution in [1.82, 2.24) is 0 Å². The van der Waals surface area contributed by atoms with Crippen LogP contribution < -0.4 is 0 Å². The molecule has 0 fully saturated rings. The van der Waals surface area contributed by atoms with E-state index in [1.807, 2.05) is 6.92 Å². The summed E-state index contributed by atoms with van der Waals surface area (Å²) in [5.41, 5.74) is -0.955. The fraction of sp³-hybridized carbons (Fsp3) is 0.962. The summed E-state index contributed by atoms with van der Waals surface area (Å²) in [5, 5.41) is 9.71. The summed E-state index contributed by atoms with van der Waals surface area (Å²) in [4.78, 5) is 11.8. The van der Waals surface area contributed by atoms with Crippen LogP contribution in [0.5, 0.6) is 0 Å². The van der Waals surface area contributed by atoms with Gasteiger partial charge in [0, 0.05) is 6.61 Å². The van der Waals surface area contributed by atoms with Crippen molar-refractivity contribution in [3.8, 4) is 0 Å². The SMILES string of the molecule is CCCCCCCCCCCCCCCCC(CC)(OCCCCCC)C(=O)O. The minimum atomic E-state index is -0.955. The summed E-state index contributed by atoms with van der Waals surface area (Å²) >= 11 is 0. The number of hydrogen-bond acceptors (Lipinski definition) is 2. The molecule has 1 atom stereocenters. The van der Waals surface area contributed by atoms with Gasteiger partial charge in [0.2, 0.25) is 0 Å². The quantitative estimate of drug-likeness (QED) is 0.171. The number of carbonyl (C=O) groups is 1. The highest BCUT2D eigenvalue weighted by molar-refractivity contribution is 5.77. The van der Waals surface area contributed by atoms with Gasteiger partial charge in [0.05, 0.1) is 0 Å². The molecule has 0 rings (SSSR count). The molecule has 1 unspecified atom stereocenters. The van der Waals surface area contributed by atoms with Gasteiger partial charge in [-0.2, -0.15) is 0 Å². The summed E-state index contributed by atoms with van der Waals surface area (Å²) in [5.74, 6) is -0.773. The fourth-order valence-corrected chi connectivity index (χ4v) is 4.07. The van der Waals surface area contributed by atoms with Crippen LogP contribution in [0, 0.1) is 0 Å². The molecule has 174 valence electrons.